The van der Waals surface area contributed by atoms with Crippen molar-refractivity contribution in [1.82, 2.24) is 78.0 Å². The fourth-order valence-corrected chi connectivity index (χ4v) is 16.3. The highest BCUT2D eigenvalue weighted by atomic mass is 79.9. The summed E-state index contributed by atoms with van der Waals surface area (Å²) in [6.07, 6.45) is 32.5. The second kappa shape index (κ2) is 47.2. The lowest BCUT2D eigenvalue weighted by atomic mass is 10.0. The third-order valence-electron chi connectivity index (χ3n) is 21.9. The Balaban J connectivity index is 0.000000141. The minimum absolute atomic E-state index is 0.00125. The largest absolute Gasteiger partial charge is 0.394 e. The van der Waals surface area contributed by atoms with E-state index in [4.69, 9.17) is 29.3 Å². The third-order valence-corrected chi connectivity index (χ3v) is 24.7. The van der Waals surface area contributed by atoms with Crippen LogP contribution in [-0.4, -0.2) is 208 Å². The number of halogens is 5. The molecule has 4 atom stereocenters. The molecule has 39 nitrogen and oxygen atoms in total. The molecule has 13 N–H and O–H groups in total. The van der Waals surface area contributed by atoms with E-state index in [1.54, 1.807) is 107 Å². The molecule has 17 heterocycles. The van der Waals surface area contributed by atoms with Crippen LogP contribution in [0.5, 0.6) is 0 Å². The summed E-state index contributed by atoms with van der Waals surface area (Å²) < 4.78 is 19.5. The molecule has 0 saturated carbocycles. The first-order valence-electron chi connectivity index (χ1n) is 43.3. The second-order valence-corrected chi connectivity index (χ2v) is 36.9. The quantitative estimate of drug-likeness (QED) is 0.0167. The van der Waals surface area contributed by atoms with E-state index in [1.807, 2.05) is 161 Å². The summed E-state index contributed by atoms with van der Waals surface area (Å²) in [6.45, 7) is 17.2. The molecule has 2 fully saturated rings. The molecule has 0 bridgehead atoms. The van der Waals surface area contributed by atoms with E-state index < -0.39 is 5.54 Å². The van der Waals surface area contributed by atoms with Crippen molar-refractivity contribution >= 4 is 166 Å². The monoisotopic (exact) mass is 2140 g/mol. The summed E-state index contributed by atoms with van der Waals surface area (Å²) in [5.74, 6) is 8.34. The number of aliphatic hydroxyl groups excluding tert-OH is 5. The Morgan fingerprint density at radius 3 is 1.05 bits per heavy atom. The van der Waals surface area contributed by atoms with Gasteiger partial charge in [0.1, 0.15) is 86.6 Å². The van der Waals surface area contributed by atoms with Crippen LogP contribution >= 0.6 is 79.6 Å². The Morgan fingerprint density at radius 1 is 0.406 bits per heavy atom. The predicted molar refractivity (Wildman–Crippen MR) is 524 cm³/mol. The van der Waals surface area contributed by atoms with E-state index in [-0.39, 0.29) is 69.0 Å². The molecule has 133 heavy (non-hydrogen) atoms. The van der Waals surface area contributed by atoms with Gasteiger partial charge < -0.3 is 77.9 Å². The fourth-order valence-electron chi connectivity index (χ4n) is 14.6. The maximum Gasteiger partial charge on any atom is 0.227 e. The SMILES string of the molecule is CC(C)(CO)Nc1cc(NCc2cccnc2)n2ncc(Br)c2n1.CO[n+]1cccc(CNc2cc(N3CCCCC3CO)nc3c(Br)cnn23)c1.CO[n+]1cccc(CNc2cc(N3CCC[C@H]3CO)nc3c(Br)cnn23)c1.CO[n+]1cccc(CNc2cc(N[C@@H](CO)C(C)C)nc3c(Br)cnn23)c1.CO[n+]1cccc(CNc2cc(N[C@H](CO)C(C)C)nc3c(Br)cnn23)c1. The molecule has 2 aliphatic rings. The number of piperidine rings is 1. The number of hydrogen-bond donors (Lipinski definition) is 13. The molecule has 0 radical (unpaired) electrons. The smallest absolute Gasteiger partial charge is 0.227 e. The Hall–Kier alpha value is -11.8. The molecule has 44 heteroatoms. The minimum Gasteiger partial charge on any atom is -0.394 e. The maximum absolute atomic E-state index is 9.80. The zero-order chi connectivity index (χ0) is 94.2. The van der Waals surface area contributed by atoms with Crippen LogP contribution in [0.4, 0.5) is 58.2 Å². The van der Waals surface area contributed by atoms with Gasteiger partial charge in [0.2, 0.25) is 49.6 Å². The van der Waals surface area contributed by atoms with Gasteiger partial charge in [-0.1, -0.05) is 33.8 Å². The summed E-state index contributed by atoms with van der Waals surface area (Å²) in [4.78, 5) is 52.7. The highest BCUT2D eigenvalue weighted by Gasteiger charge is 2.29. The van der Waals surface area contributed by atoms with Gasteiger partial charge in [0, 0.05) is 154 Å². The zero-order valence-electron chi connectivity index (χ0n) is 75.4. The number of fused-ring (bicyclic) bond motifs is 5. The van der Waals surface area contributed by atoms with Crippen LogP contribution in [0.25, 0.3) is 28.2 Å². The maximum atomic E-state index is 9.80. The van der Waals surface area contributed by atoms with Gasteiger partial charge in [0.25, 0.3) is 0 Å². The standard InChI is InChI=1S/C19H24BrN6O2.C18H22BrN6O2.2C18H24BrN6O2.C16H19BrN6O/c1-28-24-7-4-5-14(12-24)10-21-17-9-18(23-19-16(20)11-22-26(17)19)25-8-3-2-6-15(25)13-27;1-27-23-6-2-4-13(11-23)9-20-16-8-17(24-7-3-5-14(24)12-26)22-18-15(19)10-21-25(16)18;2*1-12(2)15(11-26)22-16-7-17(25-18(23-16)14(19)9-21-25)20-8-13-5-4-6-24(10-13)27-3;1-16(2,10-24)22-13-6-14(19-8-11-4-3-5-18-7-11)23-15(21-13)12(17)9-20-23/h4-5,7,9,11-12,15,21,27H,2-3,6,8,10,13H2,1H3;2,4,6,8,10-11,14,20,26H,3,5,7,9,12H2,1H3;2*4-7,9-10,12,15,20,26H,8,11H2,1-3H3,(H,22,23);3-7,9,19,24H,8,10H2,1-2H3,(H,21,22)/q4*+1;/t;14-;2*15-;/m.010./s1. The Bertz CT molecular complexity index is 6160. The van der Waals surface area contributed by atoms with Gasteiger partial charge in [-0.15, -0.1) is 0 Å². The van der Waals surface area contributed by atoms with Crippen LogP contribution < -0.4 is 90.6 Å². The van der Waals surface area contributed by atoms with E-state index >= 15 is 0 Å². The highest BCUT2D eigenvalue weighted by Crippen LogP contribution is 2.34. The summed E-state index contributed by atoms with van der Waals surface area (Å²) in [5.41, 5.74) is 8.45. The molecule has 15 aromatic heterocycles. The van der Waals surface area contributed by atoms with Gasteiger partial charge in [-0.2, -0.15) is 48.1 Å². The van der Waals surface area contributed by atoms with Crippen molar-refractivity contribution in [2.45, 2.75) is 136 Å². The number of hydrogen-bond acceptors (Lipinski definition) is 30. The first kappa shape index (κ1) is 98.7. The fraction of sp³-hybridized carbons (Fsp3) is 0.382. The van der Waals surface area contributed by atoms with Crippen LogP contribution in [0.3, 0.4) is 0 Å². The molecule has 0 spiro atoms. The summed E-state index contributed by atoms with van der Waals surface area (Å²) in [7, 11) is 6.50. The van der Waals surface area contributed by atoms with Gasteiger partial charge in [-0.3, -0.25) is 24.3 Å². The number of pyridine rings is 5. The normalized spacial score (nSPS) is 14.2. The number of aromatic nitrogens is 20. The Labute approximate surface area is 810 Å². The van der Waals surface area contributed by atoms with Crippen LogP contribution in [0.2, 0.25) is 0 Å². The van der Waals surface area contributed by atoms with E-state index in [0.717, 1.165) is 147 Å². The first-order valence-corrected chi connectivity index (χ1v) is 47.2. The molecule has 2 aliphatic heterocycles. The van der Waals surface area contributed by atoms with E-state index in [0.29, 0.717) is 67.1 Å². The number of nitrogens with zero attached hydrogens (tertiary/aromatic N) is 22. The average molecular weight is 2150 g/mol. The lowest BCUT2D eigenvalue weighted by molar-refractivity contribution is -0.885. The van der Waals surface area contributed by atoms with Crippen LogP contribution in [-0.2, 0) is 32.7 Å². The van der Waals surface area contributed by atoms with E-state index in [1.165, 1.54) is 0 Å². The molecule has 15 aromatic rings. The van der Waals surface area contributed by atoms with Gasteiger partial charge in [0.15, 0.2) is 28.2 Å². The molecular formula is C89H113Br5N30O9+4. The summed E-state index contributed by atoms with van der Waals surface area (Å²) in [6, 6.07) is 29.5. The molecule has 17 rings (SSSR count). The van der Waals surface area contributed by atoms with Crippen molar-refractivity contribution in [2.24, 2.45) is 11.8 Å². The number of anilines is 10. The van der Waals surface area contributed by atoms with Gasteiger partial charge in [0.05, 0.1) is 116 Å². The molecule has 2 saturated heterocycles. The van der Waals surface area contributed by atoms with Crippen molar-refractivity contribution in [2.75, 3.05) is 127 Å². The topological polar surface area (TPSA) is 420 Å². The Morgan fingerprint density at radius 2 is 0.722 bits per heavy atom. The first-order chi connectivity index (χ1) is 64.4. The van der Waals surface area contributed by atoms with Crippen LogP contribution in [0, 0.1) is 11.8 Å². The van der Waals surface area contributed by atoms with E-state index in [9.17, 15) is 25.5 Å². The van der Waals surface area contributed by atoms with Gasteiger partial charge in [-0.05, 0) is 173 Å². The van der Waals surface area contributed by atoms with Gasteiger partial charge in [-0.25, -0.2) is 24.9 Å². The van der Waals surface area contributed by atoms with Crippen molar-refractivity contribution in [1.29, 1.82) is 0 Å². The van der Waals surface area contributed by atoms with Crippen molar-refractivity contribution in [3.05, 3.63) is 234 Å². The molecule has 0 aromatic carbocycles. The average Bonchev–Trinajstić information content (AvgIpc) is 1.67. The lowest BCUT2D eigenvalue weighted by Crippen LogP contribution is -2.42. The minimum atomic E-state index is -0.474. The van der Waals surface area contributed by atoms with Crippen LogP contribution in [0.1, 0.15) is 101 Å². The molecule has 1 unspecified atom stereocenters. The number of aliphatic hydroxyl groups is 5. The van der Waals surface area contributed by atoms with Crippen molar-refractivity contribution in [3.63, 3.8) is 0 Å². The van der Waals surface area contributed by atoms with Gasteiger partial charge >= 0.3 is 0 Å². The Kier molecular flexibility index (Phi) is 35.1. The summed E-state index contributed by atoms with van der Waals surface area (Å²) in [5, 5.41) is 97.0. The third kappa shape index (κ3) is 25.8. The van der Waals surface area contributed by atoms with E-state index in [2.05, 4.69) is 205 Å². The highest BCUT2D eigenvalue weighted by molar-refractivity contribution is 9.11. The summed E-state index contributed by atoms with van der Waals surface area (Å²) >= 11 is 17.5. The lowest BCUT2D eigenvalue weighted by Gasteiger charge is -2.35. The number of nitrogens with one attached hydrogen (secondary N) is 8. The van der Waals surface area contributed by atoms with Crippen LogP contribution in [0.15, 0.2) is 206 Å². The molecular weight excluding hydrogens is 2030 g/mol. The van der Waals surface area contributed by atoms with Crippen molar-refractivity contribution in [3.8, 4) is 0 Å². The zero-order valence-corrected chi connectivity index (χ0v) is 83.3. The molecule has 704 valence electrons. The molecule has 0 amide bonds. The number of rotatable bonds is 34. The molecule has 0 aliphatic carbocycles. The second-order valence-electron chi connectivity index (χ2n) is 32.6. The predicted octanol–water partition coefficient (Wildman–Crippen LogP) is 9.65. The van der Waals surface area contributed by atoms with Crippen molar-refractivity contribution < 1.29 is 63.8 Å².